The van der Waals surface area contributed by atoms with E-state index in [4.69, 9.17) is 9.26 Å². The van der Waals surface area contributed by atoms with E-state index < -0.39 is 4.92 Å². The normalized spacial score (nSPS) is 14.3. The van der Waals surface area contributed by atoms with E-state index >= 15 is 0 Å². The third kappa shape index (κ3) is 4.92. The van der Waals surface area contributed by atoms with Crippen molar-refractivity contribution in [2.45, 2.75) is 13.0 Å². The fourth-order valence-electron chi connectivity index (χ4n) is 3.64. The molecule has 0 atom stereocenters. The number of amides is 1. The number of aromatic nitrogens is 2. The first-order valence-electron chi connectivity index (χ1n) is 10.2. The first-order chi connectivity index (χ1) is 15.5. The van der Waals surface area contributed by atoms with Gasteiger partial charge in [0, 0.05) is 43.4 Å². The third-order valence-corrected chi connectivity index (χ3v) is 5.43. The van der Waals surface area contributed by atoms with E-state index in [9.17, 15) is 14.9 Å². The second kappa shape index (κ2) is 9.56. The SMILES string of the molecule is COc1ccc(-c2noc(CN3CCN(C(=O)Cc4ccccc4[N+](=O)[O-])CC3)n2)cc1. The Kier molecular flexibility index (Phi) is 6.41. The summed E-state index contributed by atoms with van der Waals surface area (Å²) in [4.78, 5) is 31.7. The monoisotopic (exact) mass is 437 g/mol. The van der Waals surface area contributed by atoms with Gasteiger partial charge in [0.25, 0.3) is 5.69 Å². The number of para-hydroxylation sites is 1. The van der Waals surface area contributed by atoms with Crippen LogP contribution in [-0.2, 0) is 17.8 Å². The van der Waals surface area contributed by atoms with Crippen LogP contribution in [0.5, 0.6) is 5.75 Å². The summed E-state index contributed by atoms with van der Waals surface area (Å²) in [5.74, 6) is 1.67. The summed E-state index contributed by atoms with van der Waals surface area (Å²) >= 11 is 0. The first kappa shape index (κ1) is 21.4. The van der Waals surface area contributed by atoms with Gasteiger partial charge in [0.15, 0.2) is 0 Å². The number of carbonyl (C=O) groups is 1. The summed E-state index contributed by atoms with van der Waals surface area (Å²) in [7, 11) is 1.61. The van der Waals surface area contributed by atoms with Gasteiger partial charge in [-0.1, -0.05) is 23.4 Å². The zero-order chi connectivity index (χ0) is 22.5. The van der Waals surface area contributed by atoms with Crippen molar-refractivity contribution in [1.82, 2.24) is 19.9 Å². The predicted molar refractivity (Wildman–Crippen MR) is 115 cm³/mol. The summed E-state index contributed by atoms with van der Waals surface area (Å²) in [5.41, 5.74) is 1.25. The number of carbonyl (C=O) groups excluding carboxylic acids is 1. The minimum atomic E-state index is -0.453. The standard InChI is InChI=1S/C22H23N5O5/c1-31-18-8-6-16(7-9-18)22-23-20(32-24-22)15-25-10-12-26(13-11-25)21(28)14-17-4-2-3-5-19(17)27(29)30/h2-9H,10-15H2,1H3. The molecule has 2 heterocycles. The molecule has 0 spiro atoms. The van der Waals surface area contributed by atoms with Gasteiger partial charge in [-0.2, -0.15) is 4.98 Å². The minimum Gasteiger partial charge on any atom is -0.497 e. The summed E-state index contributed by atoms with van der Waals surface area (Å²) in [6.07, 6.45) is 0.0199. The number of nitro groups is 1. The molecule has 166 valence electrons. The van der Waals surface area contributed by atoms with Gasteiger partial charge >= 0.3 is 0 Å². The van der Waals surface area contributed by atoms with Crippen LogP contribution >= 0.6 is 0 Å². The summed E-state index contributed by atoms with van der Waals surface area (Å²) in [5, 5.41) is 15.2. The average Bonchev–Trinajstić information content (AvgIpc) is 3.28. The molecule has 3 aromatic rings. The van der Waals surface area contributed by atoms with Crippen LogP contribution < -0.4 is 4.74 Å². The number of nitrogens with zero attached hydrogens (tertiary/aromatic N) is 5. The van der Waals surface area contributed by atoms with Gasteiger partial charge in [0.2, 0.25) is 17.6 Å². The van der Waals surface area contributed by atoms with Gasteiger partial charge in [0.1, 0.15) is 5.75 Å². The third-order valence-electron chi connectivity index (χ3n) is 5.43. The number of nitro benzene ring substituents is 1. The highest BCUT2D eigenvalue weighted by molar-refractivity contribution is 5.80. The van der Waals surface area contributed by atoms with Gasteiger partial charge in [-0.3, -0.25) is 19.8 Å². The maximum Gasteiger partial charge on any atom is 0.273 e. The van der Waals surface area contributed by atoms with Crippen molar-refractivity contribution >= 4 is 11.6 Å². The van der Waals surface area contributed by atoms with Crippen molar-refractivity contribution in [3.63, 3.8) is 0 Å². The van der Waals surface area contributed by atoms with E-state index in [1.54, 1.807) is 30.2 Å². The molecule has 1 saturated heterocycles. The fraction of sp³-hybridized carbons (Fsp3) is 0.318. The minimum absolute atomic E-state index is 0.0199. The Morgan fingerprint density at radius 2 is 1.84 bits per heavy atom. The lowest BCUT2D eigenvalue weighted by atomic mass is 10.1. The lowest BCUT2D eigenvalue weighted by molar-refractivity contribution is -0.385. The second-order valence-corrected chi connectivity index (χ2v) is 7.46. The zero-order valence-corrected chi connectivity index (χ0v) is 17.6. The molecule has 0 unspecified atom stereocenters. The number of hydrogen-bond donors (Lipinski definition) is 0. The van der Waals surface area contributed by atoms with E-state index in [1.165, 1.54) is 6.07 Å². The Morgan fingerprint density at radius 3 is 2.53 bits per heavy atom. The molecule has 0 radical (unpaired) electrons. The van der Waals surface area contributed by atoms with Crippen molar-refractivity contribution in [1.29, 1.82) is 0 Å². The Hall–Kier alpha value is -3.79. The number of piperazine rings is 1. The summed E-state index contributed by atoms with van der Waals surface area (Å²) < 4.78 is 10.5. The maximum atomic E-state index is 12.6. The molecule has 2 aromatic carbocycles. The Balaban J connectivity index is 1.30. The molecule has 1 amide bonds. The van der Waals surface area contributed by atoms with Crippen LogP contribution in [0.25, 0.3) is 11.4 Å². The quantitative estimate of drug-likeness (QED) is 0.409. The van der Waals surface area contributed by atoms with Crippen molar-refractivity contribution < 1.29 is 19.0 Å². The molecule has 0 bridgehead atoms. The lowest BCUT2D eigenvalue weighted by Gasteiger charge is -2.34. The fourth-order valence-corrected chi connectivity index (χ4v) is 3.64. The molecular weight excluding hydrogens is 414 g/mol. The number of benzene rings is 2. The van der Waals surface area contributed by atoms with Gasteiger partial charge in [-0.15, -0.1) is 0 Å². The molecule has 1 aliphatic rings. The topological polar surface area (TPSA) is 115 Å². The van der Waals surface area contributed by atoms with Gasteiger partial charge in [-0.25, -0.2) is 0 Å². The van der Waals surface area contributed by atoms with Gasteiger partial charge in [-0.05, 0) is 24.3 Å². The largest absolute Gasteiger partial charge is 0.497 e. The number of rotatable bonds is 7. The predicted octanol–water partition coefficient (Wildman–Crippen LogP) is 2.54. The van der Waals surface area contributed by atoms with Crippen molar-refractivity contribution in [2.75, 3.05) is 33.3 Å². The summed E-state index contributed by atoms with van der Waals surface area (Å²) in [6.45, 7) is 2.89. The smallest absolute Gasteiger partial charge is 0.273 e. The highest BCUT2D eigenvalue weighted by Crippen LogP contribution is 2.21. The highest BCUT2D eigenvalue weighted by Gasteiger charge is 2.24. The van der Waals surface area contributed by atoms with Gasteiger partial charge < -0.3 is 14.2 Å². The number of methoxy groups -OCH3 is 1. The Labute approximate surface area is 184 Å². The lowest BCUT2D eigenvalue weighted by Crippen LogP contribution is -2.48. The zero-order valence-electron chi connectivity index (χ0n) is 17.6. The molecule has 10 heteroatoms. The van der Waals surface area contributed by atoms with Crippen LogP contribution in [-0.4, -0.2) is 64.1 Å². The average molecular weight is 437 g/mol. The maximum absolute atomic E-state index is 12.6. The van der Waals surface area contributed by atoms with Crippen LogP contribution in [0.2, 0.25) is 0 Å². The van der Waals surface area contributed by atoms with Crippen LogP contribution in [0.1, 0.15) is 11.5 Å². The summed E-state index contributed by atoms with van der Waals surface area (Å²) in [6, 6.07) is 13.8. The molecule has 32 heavy (non-hydrogen) atoms. The molecular formula is C22H23N5O5. The van der Waals surface area contributed by atoms with Crippen LogP contribution in [0.4, 0.5) is 5.69 Å². The highest BCUT2D eigenvalue weighted by atomic mass is 16.6. The number of hydrogen-bond acceptors (Lipinski definition) is 8. The second-order valence-electron chi connectivity index (χ2n) is 7.46. The molecule has 10 nitrogen and oxygen atoms in total. The molecule has 4 rings (SSSR count). The van der Waals surface area contributed by atoms with Gasteiger partial charge in [0.05, 0.1) is 25.0 Å². The van der Waals surface area contributed by atoms with Crippen molar-refractivity contribution in [3.8, 4) is 17.1 Å². The van der Waals surface area contributed by atoms with Crippen molar-refractivity contribution in [2.24, 2.45) is 0 Å². The first-order valence-corrected chi connectivity index (χ1v) is 10.2. The van der Waals surface area contributed by atoms with E-state index in [-0.39, 0.29) is 18.0 Å². The number of ether oxygens (including phenoxy) is 1. The van der Waals surface area contributed by atoms with Crippen LogP contribution in [0.3, 0.4) is 0 Å². The van der Waals surface area contributed by atoms with E-state index in [0.29, 0.717) is 50.0 Å². The van der Waals surface area contributed by atoms with E-state index in [2.05, 4.69) is 15.0 Å². The molecule has 1 fully saturated rings. The van der Waals surface area contributed by atoms with Crippen molar-refractivity contribution in [3.05, 3.63) is 70.1 Å². The Morgan fingerprint density at radius 1 is 1.12 bits per heavy atom. The van der Waals surface area contributed by atoms with Crippen LogP contribution in [0, 0.1) is 10.1 Å². The molecule has 0 saturated carbocycles. The molecule has 0 aliphatic carbocycles. The Bertz CT molecular complexity index is 1090. The van der Waals surface area contributed by atoms with E-state index in [0.717, 1.165) is 11.3 Å². The molecule has 1 aromatic heterocycles. The molecule has 1 aliphatic heterocycles. The van der Waals surface area contributed by atoms with Crippen LogP contribution in [0.15, 0.2) is 53.1 Å². The van der Waals surface area contributed by atoms with E-state index in [1.807, 2.05) is 24.3 Å². The molecule has 0 N–H and O–H groups in total.